The van der Waals surface area contributed by atoms with Gasteiger partial charge in [0.25, 0.3) is 0 Å². The van der Waals surface area contributed by atoms with Crippen molar-refractivity contribution in [3.05, 3.63) is 16.0 Å². The second-order valence-electron chi connectivity index (χ2n) is 4.92. The number of hydrogen-bond donors (Lipinski definition) is 1. The number of aryl methyl sites for hydroxylation is 1. The van der Waals surface area contributed by atoms with Gasteiger partial charge in [-0.15, -0.1) is 11.3 Å². The molecule has 0 aromatic carbocycles. The molecule has 0 fully saturated rings. The van der Waals surface area contributed by atoms with Gasteiger partial charge in [0.15, 0.2) is 0 Å². The van der Waals surface area contributed by atoms with Crippen LogP contribution in [0.4, 0.5) is 5.00 Å². The molecule has 0 saturated carbocycles. The molecule has 1 aromatic rings. The van der Waals surface area contributed by atoms with Crippen LogP contribution in [0.25, 0.3) is 0 Å². The van der Waals surface area contributed by atoms with Gasteiger partial charge in [0.1, 0.15) is 5.00 Å². The molecule has 0 unspecified atom stereocenters. The summed E-state index contributed by atoms with van der Waals surface area (Å²) in [5, 5.41) is 0.302. The predicted molar refractivity (Wildman–Crippen MR) is 85.2 cm³/mol. The smallest absolute Gasteiger partial charge is 0.341 e. The van der Waals surface area contributed by atoms with Gasteiger partial charge in [-0.2, -0.15) is 12.7 Å². The van der Waals surface area contributed by atoms with Crippen LogP contribution >= 0.6 is 11.3 Å². The number of thiophene rings is 1. The third-order valence-corrected chi connectivity index (χ3v) is 6.09. The van der Waals surface area contributed by atoms with Crippen LogP contribution in [0.5, 0.6) is 0 Å². The van der Waals surface area contributed by atoms with Gasteiger partial charge >= 0.3 is 16.2 Å². The molecule has 0 radical (unpaired) electrons. The Morgan fingerprint density at radius 2 is 1.95 bits per heavy atom. The van der Waals surface area contributed by atoms with Crippen molar-refractivity contribution in [3.8, 4) is 0 Å². The summed E-state index contributed by atoms with van der Waals surface area (Å²) < 4.78 is 33.2. The first kappa shape index (κ1) is 17.9. The van der Waals surface area contributed by atoms with E-state index in [0.29, 0.717) is 10.6 Å². The van der Waals surface area contributed by atoms with Gasteiger partial charge in [-0.25, -0.2) is 4.79 Å². The SMILES string of the molecule is CCOC(=O)c1c(NS(=O)(=O)N(C)C(C)C)sc(C)c1C. The van der Waals surface area contributed by atoms with Crippen LogP contribution in [0.1, 0.15) is 41.6 Å². The van der Waals surface area contributed by atoms with E-state index in [9.17, 15) is 13.2 Å². The minimum absolute atomic E-state index is 0.185. The molecule has 0 spiro atoms. The number of ether oxygens (including phenoxy) is 1. The van der Waals surface area contributed by atoms with Crippen LogP contribution < -0.4 is 4.72 Å². The molecular weight excluding hydrogens is 312 g/mol. The lowest BCUT2D eigenvalue weighted by Crippen LogP contribution is -2.37. The summed E-state index contributed by atoms with van der Waals surface area (Å²) in [4.78, 5) is 12.9. The number of carbonyl (C=O) groups is 1. The van der Waals surface area contributed by atoms with Crippen molar-refractivity contribution in [2.45, 2.75) is 40.7 Å². The molecule has 6 nitrogen and oxygen atoms in total. The van der Waals surface area contributed by atoms with Crippen molar-refractivity contribution in [1.82, 2.24) is 4.31 Å². The zero-order chi connectivity index (χ0) is 16.4. The van der Waals surface area contributed by atoms with E-state index in [-0.39, 0.29) is 12.6 Å². The Labute approximate surface area is 130 Å². The zero-order valence-corrected chi connectivity index (χ0v) is 14.8. The predicted octanol–water partition coefficient (Wildman–Crippen LogP) is 2.54. The summed E-state index contributed by atoms with van der Waals surface area (Å²) >= 11 is 1.23. The molecule has 0 bridgehead atoms. The summed E-state index contributed by atoms with van der Waals surface area (Å²) in [6.07, 6.45) is 0. The molecule has 0 aliphatic carbocycles. The van der Waals surface area contributed by atoms with Crippen molar-refractivity contribution >= 4 is 32.5 Å². The van der Waals surface area contributed by atoms with E-state index in [2.05, 4.69) is 4.72 Å². The van der Waals surface area contributed by atoms with Gasteiger partial charge in [0.05, 0.1) is 12.2 Å². The largest absolute Gasteiger partial charge is 0.462 e. The summed E-state index contributed by atoms with van der Waals surface area (Å²) in [6.45, 7) is 9.12. The summed E-state index contributed by atoms with van der Waals surface area (Å²) in [6, 6.07) is -0.185. The van der Waals surface area contributed by atoms with Crippen molar-refractivity contribution in [3.63, 3.8) is 0 Å². The highest BCUT2D eigenvalue weighted by Crippen LogP contribution is 2.34. The zero-order valence-electron chi connectivity index (χ0n) is 13.2. The first-order valence-electron chi connectivity index (χ1n) is 6.64. The molecule has 1 rings (SSSR count). The molecule has 120 valence electrons. The fraction of sp³-hybridized carbons (Fsp3) is 0.615. The van der Waals surface area contributed by atoms with Crippen LogP contribution in [-0.4, -0.2) is 38.4 Å². The van der Waals surface area contributed by atoms with Crippen molar-refractivity contribution in [2.75, 3.05) is 18.4 Å². The Kier molecular flexibility index (Phi) is 5.77. The van der Waals surface area contributed by atoms with Gasteiger partial charge in [-0.3, -0.25) is 4.72 Å². The van der Waals surface area contributed by atoms with Gasteiger partial charge in [0, 0.05) is 18.0 Å². The molecule has 0 atom stereocenters. The van der Waals surface area contributed by atoms with E-state index in [4.69, 9.17) is 4.74 Å². The lowest BCUT2D eigenvalue weighted by Gasteiger charge is -2.21. The standard InChI is InChI=1S/C13H22N2O4S2/c1-7-19-13(16)11-9(4)10(5)20-12(11)14-21(17,18)15(6)8(2)3/h8,14H,7H2,1-6H3. The van der Waals surface area contributed by atoms with Gasteiger partial charge in [0.2, 0.25) is 0 Å². The molecule has 0 aliphatic rings. The van der Waals surface area contributed by atoms with Crippen LogP contribution in [0, 0.1) is 13.8 Å². The average molecular weight is 334 g/mol. The fourth-order valence-electron chi connectivity index (χ4n) is 1.61. The van der Waals surface area contributed by atoms with E-state index in [0.717, 1.165) is 10.4 Å². The van der Waals surface area contributed by atoms with Gasteiger partial charge in [-0.1, -0.05) is 0 Å². The second-order valence-corrected chi connectivity index (χ2v) is 7.88. The highest BCUT2D eigenvalue weighted by atomic mass is 32.2. The minimum atomic E-state index is -3.70. The van der Waals surface area contributed by atoms with Crippen molar-refractivity contribution in [1.29, 1.82) is 0 Å². The lowest BCUT2D eigenvalue weighted by molar-refractivity contribution is 0.0527. The Morgan fingerprint density at radius 3 is 2.43 bits per heavy atom. The monoisotopic (exact) mass is 334 g/mol. The fourth-order valence-corrected chi connectivity index (χ4v) is 4.03. The number of nitrogens with one attached hydrogen (secondary N) is 1. The molecule has 1 aromatic heterocycles. The third-order valence-electron chi connectivity index (χ3n) is 3.19. The normalized spacial score (nSPS) is 12.0. The molecule has 21 heavy (non-hydrogen) atoms. The summed E-state index contributed by atoms with van der Waals surface area (Å²) in [5.41, 5.74) is 1.03. The Balaban J connectivity index is 3.21. The number of anilines is 1. The number of esters is 1. The van der Waals surface area contributed by atoms with E-state index < -0.39 is 16.2 Å². The quantitative estimate of drug-likeness (QED) is 0.811. The maximum atomic E-state index is 12.3. The Morgan fingerprint density at radius 1 is 1.38 bits per heavy atom. The molecule has 1 N–H and O–H groups in total. The third kappa shape index (κ3) is 3.96. The topological polar surface area (TPSA) is 75.7 Å². The summed E-state index contributed by atoms with van der Waals surface area (Å²) in [7, 11) is -2.21. The van der Waals surface area contributed by atoms with E-state index in [1.807, 2.05) is 6.92 Å². The number of nitrogens with zero attached hydrogens (tertiary/aromatic N) is 1. The molecule has 8 heteroatoms. The Bertz CT molecular complexity index is 620. The molecule has 0 aliphatic heterocycles. The second kappa shape index (κ2) is 6.76. The first-order valence-corrected chi connectivity index (χ1v) is 8.90. The van der Waals surface area contributed by atoms with E-state index in [1.165, 1.54) is 22.7 Å². The van der Waals surface area contributed by atoms with Crippen molar-refractivity contribution in [2.24, 2.45) is 0 Å². The average Bonchev–Trinajstić information content (AvgIpc) is 2.63. The molecule has 1 heterocycles. The van der Waals surface area contributed by atoms with E-state index in [1.54, 1.807) is 27.7 Å². The van der Waals surface area contributed by atoms with E-state index >= 15 is 0 Å². The van der Waals surface area contributed by atoms with Gasteiger partial charge in [-0.05, 0) is 40.2 Å². The van der Waals surface area contributed by atoms with Gasteiger partial charge < -0.3 is 4.74 Å². The Hall–Kier alpha value is -1.12. The van der Waals surface area contributed by atoms with Crippen LogP contribution in [0.15, 0.2) is 0 Å². The van der Waals surface area contributed by atoms with Crippen LogP contribution in [0.2, 0.25) is 0 Å². The lowest BCUT2D eigenvalue weighted by atomic mass is 10.2. The maximum Gasteiger partial charge on any atom is 0.341 e. The number of hydrogen-bond acceptors (Lipinski definition) is 5. The summed E-state index contributed by atoms with van der Waals surface area (Å²) in [5.74, 6) is -0.510. The molecule has 0 amide bonds. The van der Waals surface area contributed by atoms with Crippen molar-refractivity contribution < 1.29 is 17.9 Å². The minimum Gasteiger partial charge on any atom is -0.462 e. The first-order chi connectivity index (χ1) is 9.61. The number of rotatable bonds is 6. The van der Waals surface area contributed by atoms with Crippen LogP contribution in [-0.2, 0) is 14.9 Å². The number of carbonyl (C=O) groups excluding carboxylic acids is 1. The molecule has 0 saturated heterocycles. The highest BCUT2D eigenvalue weighted by Gasteiger charge is 2.27. The van der Waals surface area contributed by atoms with Crippen LogP contribution in [0.3, 0.4) is 0 Å². The molecular formula is C13H22N2O4S2. The maximum absolute atomic E-state index is 12.3. The highest BCUT2D eigenvalue weighted by molar-refractivity contribution is 7.90.